The number of benzene rings is 2. The number of allylic oxidation sites excluding steroid dienone is 1. The number of rotatable bonds is 7. The summed E-state index contributed by atoms with van der Waals surface area (Å²) in [6.45, 7) is 5.91. The largest absolute Gasteiger partial charge is 0.463 e. The number of ether oxygens (including phenoxy) is 1. The first-order valence-corrected chi connectivity index (χ1v) is 11.1. The maximum Gasteiger partial charge on any atom is 0.416 e. The van der Waals surface area contributed by atoms with Crippen molar-refractivity contribution in [1.29, 1.82) is 0 Å². The number of amides is 3. The van der Waals surface area contributed by atoms with E-state index in [2.05, 4.69) is 10.6 Å². The summed E-state index contributed by atoms with van der Waals surface area (Å²) in [5.41, 5.74) is 0.668. The van der Waals surface area contributed by atoms with Gasteiger partial charge in [0.05, 0.1) is 23.8 Å². The third-order valence-corrected chi connectivity index (χ3v) is 5.49. The number of alkyl halides is 3. The predicted octanol–water partition coefficient (Wildman–Crippen LogP) is 5.27. The summed E-state index contributed by atoms with van der Waals surface area (Å²) in [6, 6.07) is 9.35. The quantitative estimate of drug-likeness (QED) is 0.519. The van der Waals surface area contributed by atoms with Gasteiger partial charge >= 0.3 is 18.2 Å². The number of carbonyl (C=O) groups is 3. The molecule has 10 heteroatoms. The molecule has 0 aromatic heterocycles. The highest BCUT2D eigenvalue weighted by molar-refractivity contribution is 6.04. The highest BCUT2D eigenvalue weighted by Crippen LogP contribution is 2.32. The zero-order valence-corrected chi connectivity index (χ0v) is 19.5. The molecule has 1 atom stereocenters. The van der Waals surface area contributed by atoms with Gasteiger partial charge in [-0.1, -0.05) is 25.1 Å². The molecule has 1 aliphatic rings. The fourth-order valence-corrected chi connectivity index (χ4v) is 3.80. The van der Waals surface area contributed by atoms with E-state index < -0.39 is 29.7 Å². The highest BCUT2D eigenvalue weighted by Gasteiger charge is 2.36. The van der Waals surface area contributed by atoms with Crippen molar-refractivity contribution in [2.75, 3.05) is 18.5 Å². The number of esters is 1. The molecule has 0 fully saturated rings. The molecule has 7 nitrogen and oxygen atoms in total. The average molecular weight is 489 g/mol. The molecule has 1 heterocycles. The second kappa shape index (κ2) is 10.6. The fraction of sp³-hybridized carbons (Fsp3) is 0.320. The van der Waals surface area contributed by atoms with Crippen LogP contribution in [0.1, 0.15) is 54.7 Å². The number of hydrogen-bond donors (Lipinski definition) is 2. The van der Waals surface area contributed by atoms with E-state index in [1.54, 1.807) is 38.1 Å². The molecule has 3 rings (SSSR count). The van der Waals surface area contributed by atoms with Crippen LogP contribution in [0.5, 0.6) is 0 Å². The van der Waals surface area contributed by atoms with Crippen LogP contribution in [0.15, 0.2) is 59.8 Å². The van der Waals surface area contributed by atoms with Crippen molar-refractivity contribution in [1.82, 2.24) is 10.2 Å². The van der Waals surface area contributed by atoms with Gasteiger partial charge in [0.25, 0.3) is 5.91 Å². The SMILES string of the molecule is CCCN1C(=O)NC(c2ccc(NC(=O)c3cccc(C(F)(F)F)c3)cc2)C(C(=O)OCC)=C1C. The summed E-state index contributed by atoms with van der Waals surface area (Å²) in [5, 5.41) is 5.39. The Morgan fingerprint density at radius 2 is 1.80 bits per heavy atom. The van der Waals surface area contributed by atoms with Crippen molar-refractivity contribution in [3.05, 3.63) is 76.5 Å². The van der Waals surface area contributed by atoms with Crippen LogP contribution in [-0.2, 0) is 15.7 Å². The van der Waals surface area contributed by atoms with Crippen LogP contribution in [0.2, 0.25) is 0 Å². The normalized spacial score (nSPS) is 16.1. The minimum Gasteiger partial charge on any atom is -0.463 e. The highest BCUT2D eigenvalue weighted by atomic mass is 19.4. The van der Waals surface area contributed by atoms with E-state index in [1.807, 2.05) is 6.92 Å². The molecule has 0 radical (unpaired) electrons. The van der Waals surface area contributed by atoms with Crippen molar-refractivity contribution in [3.63, 3.8) is 0 Å². The summed E-state index contributed by atoms with van der Waals surface area (Å²) in [7, 11) is 0. The summed E-state index contributed by atoms with van der Waals surface area (Å²) < 4.78 is 44.0. The topological polar surface area (TPSA) is 87.7 Å². The van der Waals surface area contributed by atoms with E-state index in [0.717, 1.165) is 12.1 Å². The van der Waals surface area contributed by atoms with Gasteiger partial charge in [-0.3, -0.25) is 9.69 Å². The van der Waals surface area contributed by atoms with Gasteiger partial charge in [0, 0.05) is 23.5 Å². The van der Waals surface area contributed by atoms with Crippen LogP contribution >= 0.6 is 0 Å². The Kier molecular flexibility index (Phi) is 7.83. The van der Waals surface area contributed by atoms with Crippen LogP contribution in [0.3, 0.4) is 0 Å². The van der Waals surface area contributed by atoms with E-state index in [1.165, 1.54) is 17.0 Å². The molecule has 1 aliphatic heterocycles. The van der Waals surface area contributed by atoms with E-state index in [0.29, 0.717) is 35.5 Å². The van der Waals surface area contributed by atoms with Gasteiger partial charge in [0.1, 0.15) is 0 Å². The molecule has 0 aliphatic carbocycles. The summed E-state index contributed by atoms with van der Waals surface area (Å²) in [4.78, 5) is 39.3. The zero-order chi connectivity index (χ0) is 25.8. The van der Waals surface area contributed by atoms with Crippen molar-refractivity contribution < 1.29 is 32.3 Å². The van der Waals surface area contributed by atoms with E-state index in [-0.39, 0.29) is 18.2 Å². The molecule has 0 saturated carbocycles. The molecule has 186 valence electrons. The van der Waals surface area contributed by atoms with Crippen molar-refractivity contribution in [2.24, 2.45) is 0 Å². The van der Waals surface area contributed by atoms with E-state index >= 15 is 0 Å². The van der Waals surface area contributed by atoms with Gasteiger partial charge in [0.15, 0.2) is 0 Å². The standard InChI is InChI=1S/C25H26F3N3O4/c1-4-13-31-15(3)20(23(33)35-5-2)21(30-24(31)34)16-9-11-19(12-10-16)29-22(32)17-7-6-8-18(14-17)25(26,27)28/h6-12,14,21H,4-5,13H2,1-3H3,(H,29,32)(H,30,34). The lowest BCUT2D eigenvalue weighted by Crippen LogP contribution is -2.48. The van der Waals surface area contributed by atoms with Gasteiger partial charge in [-0.2, -0.15) is 13.2 Å². The van der Waals surface area contributed by atoms with Gasteiger partial charge in [-0.05, 0) is 56.2 Å². The third-order valence-electron chi connectivity index (χ3n) is 5.49. The third kappa shape index (κ3) is 5.82. The van der Waals surface area contributed by atoms with Crippen molar-refractivity contribution in [3.8, 4) is 0 Å². The number of hydrogen-bond acceptors (Lipinski definition) is 4. The fourth-order valence-electron chi connectivity index (χ4n) is 3.80. The van der Waals surface area contributed by atoms with Crippen molar-refractivity contribution in [2.45, 2.75) is 39.4 Å². The lowest BCUT2D eigenvalue weighted by atomic mass is 9.94. The minimum absolute atomic E-state index is 0.136. The smallest absolute Gasteiger partial charge is 0.416 e. The maximum absolute atomic E-state index is 12.9. The Labute approximate surface area is 200 Å². The first-order valence-electron chi connectivity index (χ1n) is 11.1. The molecule has 35 heavy (non-hydrogen) atoms. The Balaban J connectivity index is 1.85. The second-order valence-electron chi connectivity index (χ2n) is 7.91. The predicted molar refractivity (Wildman–Crippen MR) is 123 cm³/mol. The average Bonchev–Trinajstić information content (AvgIpc) is 2.81. The first-order chi connectivity index (χ1) is 16.6. The first kappa shape index (κ1) is 25.8. The lowest BCUT2D eigenvalue weighted by molar-refractivity contribution is -0.139. The zero-order valence-electron chi connectivity index (χ0n) is 19.5. The second-order valence-corrected chi connectivity index (χ2v) is 7.91. The van der Waals surface area contributed by atoms with Crippen LogP contribution in [0.25, 0.3) is 0 Å². The number of nitrogens with zero attached hydrogens (tertiary/aromatic N) is 1. The molecule has 2 aromatic rings. The van der Waals surface area contributed by atoms with Gasteiger partial charge in [-0.15, -0.1) is 0 Å². The number of urea groups is 1. The summed E-state index contributed by atoms with van der Waals surface area (Å²) in [6.07, 6.45) is -3.86. The Bertz CT molecular complexity index is 1140. The molecule has 2 aromatic carbocycles. The van der Waals surface area contributed by atoms with Crippen LogP contribution in [0.4, 0.5) is 23.7 Å². The molecule has 3 amide bonds. The number of halogens is 3. The molecule has 0 spiro atoms. The molecular weight excluding hydrogens is 463 g/mol. The Morgan fingerprint density at radius 3 is 2.40 bits per heavy atom. The lowest BCUT2D eigenvalue weighted by Gasteiger charge is -2.35. The molecule has 2 N–H and O–H groups in total. The minimum atomic E-state index is -4.56. The number of nitrogens with one attached hydrogen (secondary N) is 2. The summed E-state index contributed by atoms with van der Waals surface area (Å²) >= 11 is 0. The number of anilines is 1. The van der Waals surface area contributed by atoms with Crippen LogP contribution in [-0.4, -0.2) is 36.0 Å². The number of carbonyl (C=O) groups excluding carboxylic acids is 3. The Morgan fingerprint density at radius 1 is 1.11 bits per heavy atom. The van der Waals surface area contributed by atoms with Gasteiger partial charge < -0.3 is 15.4 Å². The molecule has 0 bridgehead atoms. The van der Waals surface area contributed by atoms with Gasteiger partial charge in [-0.25, -0.2) is 9.59 Å². The molecule has 1 unspecified atom stereocenters. The van der Waals surface area contributed by atoms with Crippen molar-refractivity contribution >= 4 is 23.6 Å². The van der Waals surface area contributed by atoms with E-state index in [4.69, 9.17) is 4.74 Å². The van der Waals surface area contributed by atoms with E-state index in [9.17, 15) is 27.6 Å². The molecule has 0 saturated heterocycles. The molecular formula is C25H26F3N3O4. The van der Waals surface area contributed by atoms with Crippen LogP contribution < -0.4 is 10.6 Å². The Hall–Kier alpha value is -3.82. The monoisotopic (exact) mass is 489 g/mol. The maximum atomic E-state index is 12.9. The van der Waals surface area contributed by atoms with Crippen LogP contribution in [0, 0.1) is 0 Å². The van der Waals surface area contributed by atoms with Gasteiger partial charge in [0.2, 0.25) is 0 Å². The summed E-state index contributed by atoms with van der Waals surface area (Å²) in [5.74, 6) is -1.24.